The minimum Gasteiger partial charge on any atom is -0.463 e. The summed E-state index contributed by atoms with van der Waals surface area (Å²) in [4.78, 5) is 12.4. The van der Waals surface area contributed by atoms with Crippen molar-refractivity contribution in [1.29, 1.82) is 0 Å². The highest BCUT2D eigenvalue weighted by Crippen LogP contribution is 2.34. The van der Waals surface area contributed by atoms with Crippen LogP contribution in [0.3, 0.4) is 0 Å². The summed E-state index contributed by atoms with van der Waals surface area (Å²) in [6.45, 7) is 3.64. The molecular formula is C23H33NO3. The summed E-state index contributed by atoms with van der Waals surface area (Å²) in [5, 5.41) is 3.72. The molecule has 0 saturated heterocycles. The van der Waals surface area contributed by atoms with Gasteiger partial charge in [0.15, 0.2) is 0 Å². The van der Waals surface area contributed by atoms with Crippen molar-refractivity contribution in [1.82, 2.24) is 5.32 Å². The van der Waals surface area contributed by atoms with Crippen LogP contribution in [0.5, 0.6) is 0 Å². The van der Waals surface area contributed by atoms with Crippen LogP contribution in [0.25, 0.3) is 0 Å². The third-order valence-corrected chi connectivity index (χ3v) is 5.75. The molecule has 27 heavy (non-hydrogen) atoms. The van der Waals surface area contributed by atoms with Crippen LogP contribution >= 0.6 is 0 Å². The molecule has 1 aromatic rings. The molecule has 1 aliphatic heterocycles. The summed E-state index contributed by atoms with van der Waals surface area (Å²) < 4.78 is 11.1. The smallest absolute Gasteiger partial charge is 0.335 e. The number of hydrogen-bond donors (Lipinski definition) is 1. The van der Waals surface area contributed by atoms with Gasteiger partial charge >= 0.3 is 5.97 Å². The Morgan fingerprint density at radius 2 is 1.93 bits per heavy atom. The average molecular weight is 372 g/mol. The molecule has 1 atom stereocenters. The standard InChI is InChI=1S/C23H33NO3/c1-2-27-23(25)20-14-15-21(19-11-6-7-12-19)24-22(20)13-8-16-26-17-18-9-4-3-5-10-18/h3-5,9-10,19,21,24H,2,6-8,11-17H2,1H3. The predicted octanol–water partition coefficient (Wildman–Crippen LogP) is 4.74. The van der Waals surface area contributed by atoms with Crippen LogP contribution in [0, 0.1) is 5.92 Å². The lowest BCUT2D eigenvalue weighted by Crippen LogP contribution is -2.39. The number of carbonyl (C=O) groups is 1. The third kappa shape index (κ3) is 5.83. The highest BCUT2D eigenvalue weighted by atomic mass is 16.5. The highest BCUT2D eigenvalue weighted by Gasteiger charge is 2.31. The Morgan fingerprint density at radius 1 is 1.15 bits per heavy atom. The molecule has 1 unspecified atom stereocenters. The fraction of sp³-hybridized carbons (Fsp3) is 0.609. The maximum absolute atomic E-state index is 12.4. The first-order chi connectivity index (χ1) is 13.3. The zero-order valence-corrected chi connectivity index (χ0v) is 16.5. The van der Waals surface area contributed by atoms with E-state index in [0.29, 0.717) is 25.9 Å². The maximum Gasteiger partial charge on any atom is 0.335 e. The normalized spacial score (nSPS) is 20.6. The Morgan fingerprint density at radius 3 is 2.67 bits per heavy atom. The van der Waals surface area contributed by atoms with Gasteiger partial charge in [-0.15, -0.1) is 0 Å². The van der Waals surface area contributed by atoms with Crippen molar-refractivity contribution in [2.24, 2.45) is 5.92 Å². The fourth-order valence-electron chi connectivity index (χ4n) is 4.33. The molecule has 4 nitrogen and oxygen atoms in total. The Labute approximate surface area is 163 Å². The first-order valence-corrected chi connectivity index (χ1v) is 10.5. The van der Waals surface area contributed by atoms with Crippen molar-refractivity contribution >= 4 is 5.97 Å². The van der Waals surface area contributed by atoms with E-state index >= 15 is 0 Å². The van der Waals surface area contributed by atoms with E-state index in [-0.39, 0.29) is 5.97 Å². The number of rotatable bonds is 9. The van der Waals surface area contributed by atoms with Crippen LogP contribution in [0.2, 0.25) is 0 Å². The molecule has 0 bridgehead atoms. The van der Waals surface area contributed by atoms with Crippen LogP contribution in [-0.2, 0) is 20.9 Å². The monoisotopic (exact) mass is 371 g/mol. The van der Waals surface area contributed by atoms with E-state index in [1.807, 2.05) is 25.1 Å². The van der Waals surface area contributed by atoms with Gasteiger partial charge in [0.05, 0.1) is 18.8 Å². The second-order valence-electron chi connectivity index (χ2n) is 7.65. The quantitative estimate of drug-likeness (QED) is 0.503. The summed E-state index contributed by atoms with van der Waals surface area (Å²) >= 11 is 0. The number of ether oxygens (including phenoxy) is 2. The number of benzene rings is 1. The van der Waals surface area contributed by atoms with Gasteiger partial charge in [-0.05, 0) is 56.9 Å². The summed E-state index contributed by atoms with van der Waals surface area (Å²) in [6, 6.07) is 10.8. The van der Waals surface area contributed by atoms with Gasteiger partial charge in [0, 0.05) is 18.3 Å². The lowest BCUT2D eigenvalue weighted by Gasteiger charge is -2.33. The molecule has 148 valence electrons. The molecule has 1 saturated carbocycles. The van der Waals surface area contributed by atoms with E-state index in [1.165, 1.54) is 31.2 Å². The largest absolute Gasteiger partial charge is 0.463 e. The van der Waals surface area contributed by atoms with Gasteiger partial charge in [0.1, 0.15) is 0 Å². The Bertz CT molecular complexity index is 620. The van der Waals surface area contributed by atoms with Gasteiger partial charge in [-0.1, -0.05) is 43.2 Å². The van der Waals surface area contributed by atoms with Crippen LogP contribution in [0.4, 0.5) is 0 Å². The van der Waals surface area contributed by atoms with Crippen LogP contribution in [0.1, 0.15) is 63.9 Å². The Hall–Kier alpha value is -1.81. The molecule has 1 aliphatic carbocycles. The molecule has 0 spiro atoms. The van der Waals surface area contributed by atoms with Crippen molar-refractivity contribution in [3.8, 4) is 0 Å². The van der Waals surface area contributed by atoms with Crippen LogP contribution in [0.15, 0.2) is 41.6 Å². The van der Waals surface area contributed by atoms with Crippen molar-refractivity contribution in [2.75, 3.05) is 13.2 Å². The van der Waals surface area contributed by atoms with E-state index in [4.69, 9.17) is 9.47 Å². The number of hydrogen-bond acceptors (Lipinski definition) is 4. The first-order valence-electron chi connectivity index (χ1n) is 10.5. The second kappa shape index (κ2) is 10.5. The van der Waals surface area contributed by atoms with Crippen molar-refractivity contribution in [3.63, 3.8) is 0 Å². The topological polar surface area (TPSA) is 47.6 Å². The molecule has 1 aromatic carbocycles. The zero-order chi connectivity index (χ0) is 18.9. The molecule has 1 heterocycles. The molecule has 2 aliphatic rings. The van der Waals surface area contributed by atoms with Gasteiger partial charge in [0.25, 0.3) is 0 Å². The van der Waals surface area contributed by atoms with Gasteiger partial charge in [-0.25, -0.2) is 4.79 Å². The number of esters is 1. The average Bonchev–Trinajstić information content (AvgIpc) is 3.23. The van der Waals surface area contributed by atoms with E-state index in [9.17, 15) is 4.79 Å². The molecule has 0 amide bonds. The molecule has 0 aromatic heterocycles. The summed E-state index contributed by atoms with van der Waals surface area (Å²) in [5.41, 5.74) is 3.15. The van der Waals surface area contributed by atoms with Gasteiger partial charge in [0.2, 0.25) is 0 Å². The SMILES string of the molecule is CCOC(=O)C1=C(CCCOCc2ccccc2)NC(C2CCCC2)CC1. The van der Waals surface area contributed by atoms with Crippen molar-refractivity contribution in [3.05, 3.63) is 47.2 Å². The highest BCUT2D eigenvalue weighted by molar-refractivity contribution is 5.89. The van der Waals surface area contributed by atoms with E-state index in [2.05, 4.69) is 17.4 Å². The molecule has 4 heteroatoms. The minimum atomic E-state index is -0.143. The van der Waals surface area contributed by atoms with Crippen molar-refractivity contribution in [2.45, 2.75) is 70.9 Å². The Balaban J connectivity index is 1.52. The Kier molecular flexibility index (Phi) is 7.76. The van der Waals surface area contributed by atoms with Crippen LogP contribution < -0.4 is 5.32 Å². The lowest BCUT2D eigenvalue weighted by atomic mass is 9.87. The predicted molar refractivity (Wildman–Crippen MR) is 107 cm³/mol. The van der Waals surface area contributed by atoms with Crippen LogP contribution in [-0.4, -0.2) is 25.2 Å². The first kappa shape index (κ1) is 19.9. The summed E-state index contributed by atoms with van der Waals surface area (Å²) in [6.07, 6.45) is 8.99. The number of carbonyl (C=O) groups excluding carboxylic acids is 1. The van der Waals surface area contributed by atoms with E-state index < -0.39 is 0 Å². The third-order valence-electron chi connectivity index (χ3n) is 5.75. The van der Waals surface area contributed by atoms with Gasteiger partial charge in [-0.2, -0.15) is 0 Å². The molecule has 3 rings (SSSR count). The molecule has 0 radical (unpaired) electrons. The zero-order valence-electron chi connectivity index (χ0n) is 16.5. The minimum absolute atomic E-state index is 0.143. The summed E-state index contributed by atoms with van der Waals surface area (Å²) in [5.74, 6) is 0.619. The van der Waals surface area contributed by atoms with Crippen molar-refractivity contribution < 1.29 is 14.3 Å². The van der Waals surface area contributed by atoms with Gasteiger partial charge in [-0.3, -0.25) is 0 Å². The van der Waals surface area contributed by atoms with E-state index in [1.54, 1.807) is 0 Å². The lowest BCUT2D eigenvalue weighted by molar-refractivity contribution is -0.138. The molecule has 1 fully saturated rings. The number of allylic oxidation sites excluding steroid dienone is 1. The molecule has 1 N–H and O–H groups in total. The maximum atomic E-state index is 12.4. The van der Waals surface area contributed by atoms with E-state index in [0.717, 1.165) is 42.9 Å². The number of nitrogens with one attached hydrogen (secondary N) is 1. The second-order valence-corrected chi connectivity index (χ2v) is 7.65. The molecular weight excluding hydrogens is 338 g/mol. The summed E-state index contributed by atoms with van der Waals surface area (Å²) in [7, 11) is 0. The fourth-order valence-corrected chi connectivity index (χ4v) is 4.33. The van der Waals surface area contributed by atoms with Gasteiger partial charge < -0.3 is 14.8 Å².